The van der Waals surface area contributed by atoms with E-state index in [-0.39, 0.29) is 0 Å². The summed E-state index contributed by atoms with van der Waals surface area (Å²) in [5.74, 6) is 0.863. The fraction of sp³-hybridized carbons (Fsp3) is 0.176. The van der Waals surface area contributed by atoms with E-state index in [1.54, 1.807) is 13.3 Å². The molecule has 6 heteroatoms. The van der Waals surface area contributed by atoms with Crippen molar-refractivity contribution < 1.29 is 4.74 Å². The van der Waals surface area contributed by atoms with Gasteiger partial charge in [-0.3, -0.25) is 0 Å². The van der Waals surface area contributed by atoms with Crippen LogP contribution < -0.4 is 10.1 Å². The maximum Gasteiger partial charge on any atom is 0.118 e. The summed E-state index contributed by atoms with van der Waals surface area (Å²) in [6, 6.07) is 13.9. The fourth-order valence-electron chi connectivity index (χ4n) is 2.33. The number of ether oxygens (including phenoxy) is 1. The minimum Gasteiger partial charge on any atom is -0.497 e. The molecule has 23 heavy (non-hydrogen) atoms. The third-order valence-electron chi connectivity index (χ3n) is 3.51. The zero-order valence-corrected chi connectivity index (χ0v) is 14.2. The molecule has 0 atom stereocenters. The molecular weight excluding hydrogens is 330 g/mol. The van der Waals surface area contributed by atoms with Gasteiger partial charge in [0.15, 0.2) is 0 Å². The molecule has 1 N–H and O–H groups in total. The molecule has 0 saturated heterocycles. The van der Waals surface area contributed by atoms with Gasteiger partial charge in [0, 0.05) is 23.7 Å². The lowest BCUT2D eigenvalue weighted by molar-refractivity contribution is 0.414. The first-order chi connectivity index (χ1) is 11.3. The summed E-state index contributed by atoms with van der Waals surface area (Å²) >= 11 is 7.34. The lowest BCUT2D eigenvalue weighted by Crippen LogP contribution is -2.13. The smallest absolute Gasteiger partial charge is 0.118 e. The Balaban J connectivity index is 1.69. The Labute approximate surface area is 144 Å². The Kier molecular flexibility index (Phi) is 5.23. The lowest BCUT2D eigenvalue weighted by Gasteiger charge is -2.10. The lowest BCUT2D eigenvalue weighted by atomic mass is 10.0. The first kappa shape index (κ1) is 15.9. The van der Waals surface area contributed by atoms with Crippen LogP contribution in [0.2, 0.25) is 5.02 Å². The van der Waals surface area contributed by atoms with Gasteiger partial charge in [0.1, 0.15) is 11.4 Å². The van der Waals surface area contributed by atoms with Crippen molar-refractivity contribution in [3.63, 3.8) is 0 Å². The van der Waals surface area contributed by atoms with Gasteiger partial charge in [-0.1, -0.05) is 29.8 Å². The summed E-state index contributed by atoms with van der Waals surface area (Å²) in [6.07, 6.45) is 1.78. The SMILES string of the molecule is COc1ccc(CNCc2cc(Cl)ccc2-c2cnsn2)cc1. The monoisotopic (exact) mass is 345 g/mol. The molecule has 2 aromatic carbocycles. The van der Waals surface area contributed by atoms with Crippen LogP contribution in [-0.4, -0.2) is 15.9 Å². The molecule has 0 amide bonds. The normalized spacial score (nSPS) is 10.7. The number of benzene rings is 2. The Hall–Kier alpha value is -1.95. The zero-order chi connectivity index (χ0) is 16.1. The van der Waals surface area contributed by atoms with Crippen LogP contribution in [-0.2, 0) is 13.1 Å². The molecule has 0 saturated carbocycles. The summed E-state index contributed by atoms with van der Waals surface area (Å²) in [5.41, 5.74) is 4.25. The van der Waals surface area contributed by atoms with Gasteiger partial charge in [-0.05, 0) is 35.4 Å². The van der Waals surface area contributed by atoms with E-state index in [1.165, 1.54) is 17.3 Å². The molecule has 3 rings (SSSR count). The molecule has 0 aliphatic rings. The molecule has 0 spiro atoms. The fourth-order valence-corrected chi connectivity index (χ4v) is 2.95. The number of halogens is 1. The summed E-state index contributed by atoms with van der Waals surface area (Å²) in [7, 11) is 1.67. The number of hydrogen-bond donors (Lipinski definition) is 1. The van der Waals surface area contributed by atoms with E-state index in [1.807, 2.05) is 30.3 Å². The van der Waals surface area contributed by atoms with Crippen LogP contribution in [0.5, 0.6) is 5.75 Å². The van der Waals surface area contributed by atoms with Gasteiger partial charge < -0.3 is 10.1 Å². The van der Waals surface area contributed by atoms with Gasteiger partial charge in [0.25, 0.3) is 0 Å². The molecule has 3 aromatic rings. The summed E-state index contributed by atoms with van der Waals surface area (Å²) in [5, 5.41) is 4.16. The second-order valence-electron chi connectivity index (χ2n) is 5.05. The molecule has 0 fully saturated rings. The second kappa shape index (κ2) is 7.55. The molecule has 0 aliphatic heterocycles. The van der Waals surface area contributed by atoms with E-state index >= 15 is 0 Å². The maximum atomic E-state index is 6.13. The van der Waals surface area contributed by atoms with Gasteiger partial charge >= 0.3 is 0 Å². The van der Waals surface area contributed by atoms with Gasteiger partial charge in [-0.25, -0.2) is 0 Å². The Morgan fingerprint density at radius 3 is 2.65 bits per heavy atom. The molecule has 4 nitrogen and oxygen atoms in total. The van der Waals surface area contributed by atoms with Crippen molar-refractivity contribution >= 4 is 23.3 Å². The molecule has 0 unspecified atom stereocenters. The highest BCUT2D eigenvalue weighted by molar-refractivity contribution is 6.99. The minimum absolute atomic E-state index is 0.708. The number of rotatable bonds is 6. The predicted molar refractivity (Wildman–Crippen MR) is 93.9 cm³/mol. The van der Waals surface area contributed by atoms with Crippen LogP contribution >= 0.6 is 23.3 Å². The topological polar surface area (TPSA) is 47.0 Å². The van der Waals surface area contributed by atoms with Crippen LogP contribution in [0.1, 0.15) is 11.1 Å². The van der Waals surface area contributed by atoms with Gasteiger partial charge in [-0.2, -0.15) is 8.75 Å². The average Bonchev–Trinajstić information content (AvgIpc) is 3.10. The van der Waals surface area contributed by atoms with E-state index in [0.29, 0.717) is 6.54 Å². The second-order valence-corrected chi connectivity index (χ2v) is 6.04. The van der Waals surface area contributed by atoms with Gasteiger partial charge in [0.05, 0.1) is 25.0 Å². The Morgan fingerprint density at radius 1 is 1.13 bits per heavy atom. The number of hydrogen-bond acceptors (Lipinski definition) is 5. The highest BCUT2D eigenvalue weighted by Gasteiger charge is 2.08. The van der Waals surface area contributed by atoms with Crippen molar-refractivity contribution in [2.75, 3.05) is 7.11 Å². The van der Waals surface area contributed by atoms with Crippen LogP contribution in [0.25, 0.3) is 11.3 Å². The van der Waals surface area contributed by atoms with Crippen molar-refractivity contribution in [1.82, 2.24) is 14.1 Å². The molecule has 1 aromatic heterocycles. The maximum absolute atomic E-state index is 6.13. The van der Waals surface area contributed by atoms with E-state index in [0.717, 1.165) is 34.1 Å². The van der Waals surface area contributed by atoms with Crippen LogP contribution in [0.15, 0.2) is 48.7 Å². The number of nitrogens with one attached hydrogen (secondary N) is 1. The third-order valence-corrected chi connectivity index (χ3v) is 4.22. The minimum atomic E-state index is 0.708. The van der Waals surface area contributed by atoms with Crippen molar-refractivity contribution in [3.05, 3.63) is 64.8 Å². The largest absolute Gasteiger partial charge is 0.497 e. The van der Waals surface area contributed by atoms with Crippen LogP contribution in [0, 0.1) is 0 Å². The Morgan fingerprint density at radius 2 is 1.96 bits per heavy atom. The predicted octanol–water partition coefficient (Wildman–Crippen LogP) is 4.16. The third kappa shape index (κ3) is 4.07. The molecule has 0 aliphatic carbocycles. The van der Waals surface area contributed by atoms with Gasteiger partial charge in [0.2, 0.25) is 0 Å². The van der Waals surface area contributed by atoms with E-state index in [4.69, 9.17) is 16.3 Å². The van der Waals surface area contributed by atoms with E-state index in [2.05, 4.69) is 26.2 Å². The van der Waals surface area contributed by atoms with Crippen molar-refractivity contribution in [3.8, 4) is 17.0 Å². The van der Waals surface area contributed by atoms with Crippen molar-refractivity contribution in [1.29, 1.82) is 0 Å². The number of methoxy groups -OCH3 is 1. The molecular formula is C17H16ClN3OS. The first-order valence-corrected chi connectivity index (χ1v) is 8.27. The summed E-state index contributed by atoms with van der Waals surface area (Å²) in [6.45, 7) is 1.48. The standard InChI is InChI=1S/C17H16ClN3OS/c1-22-15-5-2-12(3-6-15)9-19-10-13-8-14(18)4-7-16(13)17-11-20-23-21-17/h2-8,11,19H,9-10H2,1H3. The van der Waals surface area contributed by atoms with E-state index in [9.17, 15) is 0 Å². The van der Waals surface area contributed by atoms with Gasteiger partial charge in [-0.15, -0.1) is 0 Å². The van der Waals surface area contributed by atoms with Crippen LogP contribution in [0.4, 0.5) is 0 Å². The van der Waals surface area contributed by atoms with Crippen molar-refractivity contribution in [2.45, 2.75) is 13.1 Å². The van der Waals surface area contributed by atoms with E-state index < -0.39 is 0 Å². The first-order valence-electron chi connectivity index (χ1n) is 7.16. The van der Waals surface area contributed by atoms with Crippen LogP contribution in [0.3, 0.4) is 0 Å². The Bertz CT molecular complexity index is 760. The highest BCUT2D eigenvalue weighted by atomic mass is 35.5. The average molecular weight is 346 g/mol. The molecule has 0 bridgehead atoms. The summed E-state index contributed by atoms with van der Waals surface area (Å²) < 4.78 is 13.5. The highest BCUT2D eigenvalue weighted by Crippen LogP contribution is 2.25. The quantitative estimate of drug-likeness (QED) is 0.728. The molecule has 0 radical (unpaired) electrons. The van der Waals surface area contributed by atoms with Crippen molar-refractivity contribution in [2.24, 2.45) is 0 Å². The molecule has 1 heterocycles. The number of aromatic nitrogens is 2. The summed E-state index contributed by atoms with van der Waals surface area (Å²) in [4.78, 5) is 0. The molecule has 118 valence electrons. The number of nitrogens with zero attached hydrogens (tertiary/aromatic N) is 2. The zero-order valence-electron chi connectivity index (χ0n) is 12.6.